The maximum absolute atomic E-state index is 12.5. The van der Waals surface area contributed by atoms with Crippen LogP contribution in [0.4, 0.5) is 4.39 Å². The first-order chi connectivity index (χ1) is 7.34. The molecular formula is C10H11FN2O2. The molecule has 4 nitrogen and oxygen atoms in total. The van der Waals surface area contributed by atoms with Crippen molar-refractivity contribution in [2.45, 2.75) is 31.8 Å². The van der Waals surface area contributed by atoms with Gasteiger partial charge in [0, 0.05) is 13.0 Å². The number of aryl methyl sites for hydroxylation is 1. The molecule has 0 aromatic carbocycles. The summed E-state index contributed by atoms with van der Waals surface area (Å²) in [5.74, 6) is -0.751. The largest absolute Gasteiger partial charge is 0.451 e. The summed E-state index contributed by atoms with van der Waals surface area (Å²) >= 11 is 0. The van der Waals surface area contributed by atoms with Crippen molar-refractivity contribution in [1.29, 1.82) is 0 Å². The fourth-order valence-corrected chi connectivity index (χ4v) is 2.14. The Labute approximate surface area is 86.3 Å². The Bertz CT molecular complexity index is 406. The van der Waals surface area contributed by atoms with E-state index in [9.17, 15) is 4.39 Å². The average molecular weight is 210 g/mol. The van der Waals surface area contributed by atoms with E-state index in [1.807, 2.05) is 0 Å². The normalized spacial score (nSPS) is 21.1. The third-order valence-corrected chi connectivity index (χ3v) is 2.81. The molecule has 0 saturated carbocycles. The van der Waals surface area contributed by atoms with Crippen LogP contribution in [0.5, 0.6) is 0 Å². The van der Waals surface area contributed by atoms with Crippen molar-refractivity contribution >= 4 is 0 Å². The van der Waals surface area contributed by atoms with Crippen molar-refractivity contribution in [2.75, 3.05) is 0 Å². The molecule has 3 heterocycles. The average Bonchev–Trinajstić information content (AvgIpc) is 2.86. The van der Waals surface area contributed by atoms with Gasteiger partial charge in [-0.15, -0.1) is 0 Å². The molecule has 0 atom stereocenters. The van der Waals surface area contributed by atoms with Crippen molar-refractivity contribution in [3.63, 3.8) is 0 Å². The third-order valence-electron chi connectivity index (χ3n) is 2.81. The molecule has 0 N–H and O–H groups in total. The van der Waals surface area contributed by atoms with Crippen molar-refractivity contribution < 1.29 is 13.9 Å². The smallest absolute Gasteiger partial charge is 0.293 e. The summed E-state index contributed by atoms with van der Waals surface area (Å²) < 4.78 is 25.2. The molecule has 2 aliphatic heterocycles. The minimum atomic E-state index is -0.751. The van der Waals surface area contributed by atoms with Gasteiger partial charge in [0.15, 0.2) is 0 Å². The van der Waals surface area contributed by atoms with Gasteiger partial charge in [0.25, 0.3) is 5.79 Å². The summed E-state index contributed by atoms with van der Waals surface area (Å²) in [5, 5.41) is 4.14. The number of halogens is 1. The van der Waals surface area contributed by atoms with Crippen LogP contribution in [0.1, 0.15) is 24.2 Å². The summed E-state index contributed by atoms with van der Waals surface area (Å²) in [5.41, 5.74) is 1.25. The van der Waals surface area contributed by atoms with E-state index in [2.05, 4.69) is 5.10 Å². The van der Waals surface area contributed by atoms with Gasteiger partial charge in [-0.3, -0.25) is 4.68 Å². The highest BCUT2D eigenvalue weighted by molar-refractivity contribution is 5.18. The Morgan fingerprint density at radius 3 is 3.00 bits per heavy atom. The first-order valence-corrected chi connectivity index (χ1v) is 4.98. The van der Waals surface area contributed by atoms with Crippen LogP contribution in [0, 0.1) is 0 Å². The van der Waals surface area contributed by atoms with E-state index in [0.29, 0.717) is 5.69 Å². The molecule has 0 amide bonds. The topological polar surface area (TPSA) is 36.3 Å². The molecular weight excluding hydrogens is 199 g/mol. The zero-order valence-corrected chi connectivity index (χ0v) is 8.15. The SMILES string of the molecule is FCc1cc2n(n1)CCCC21OC=CO1. The molecule has 0 bridgehead atoms. The van der Waals surface area contributed by atoms with E-state index in [-0.39, 0.29) is 0 Å². The van der Waals surface area contributed by atoms with E-state index >= 15 is 0 Å². The van der Waals surface area contributed by atoms with Gasteiger partial charge in [0.05, 0.1) is 5.69 Å². The molecule has 0 aliphatic carbocycles. The molecule has 1 aromatic rings. The minimum absolute atomic E-state index is 0.436. The van der Waals surface area contributed by atoms with Gasteiger partial charge in [0.2, 0.25) is 0 Å². The fourth-order valence-electron chi connectivity index (χ4n) is 2.14. The fraction of sp³-hybridized carbons (Fsp3) is 0.500. The zero-order valence-electron chi connectivity index (χ0n) is 8.15. The standard InChI is InChI=1S/C10H11FN2O2/c11-7-8-6-9-10(14-4-5-15-10)2-1-3-13(9)12-8/h4-6H,1-3,7H2. The minimum Gasteiger partial charge on any atom is -0.451 e. The van der Waals surface area contributed by atoms with E-state index in [4.69, 9.17) is 9.47 Å². The van der Waals surface area contributed by atoms with E-state index in [1.54, 1.807) is 10.7 Å². The summed E-state index contributed by atoms with van der Waals surface area (Å²) in [6.07, 6.45) is 4.75. The van der Waals surface area contributed by atoms with Gasteiger partial charge < -0.3 is 9.47 Å². The molecule has 1 spiro atoms. The summed E-state index contributed by atoms with van der Waals surface area (Å²) in [4.78, 5) is 0. The Hall–Kier alpha value is -1.52. The van der Waals surface area contributed by atoms with Gasteiger partial charge in [-0.25, -0.2) is 4.39 Å². The lowest BCUT2D eigenvalue weighted by atomic mass is 10.0. The van der Waals surface area contributed by atoms with Gasteiger partial charge in [0.1, 0.15) is 24.9 Å². The monoisotopic (exact) mass is 210 g/mol. The molecule has 2 aliphatic rings. The lowest BCUT2D eigenvalue weighted by Crippen LogP contribution is -2.34. The van der Waals surface area contributed by atoms with E-state index in [1.165, 1.54) is 12.5 Å². The highest BCUT2D eigenvalue weighted by Crippen LogP contribution is 2.39. The Morgan fingerprint density at radius 1 is 1.47 bits per heavy atom. The molecule has 80 valence electrons. The number of hydrogen-bond donors (Lipinski definition) is 0. The summed E-state index contributed by atoms with van der Waals surface area (Å²) in [6, 6.07) is 1.71. The number of hydrogen-bond acceptors (Lipinski definition) is 3. The van der Waals surface area contributed by atoms with Crippen LogP contribution in [0.2, 0.25) is 0 Å². The van der Waals surface area contributed by atoms with Gasteiger partial charge in [-0.2, -0.15) is 5.10 Å². The lowest BCUT2D eigenvalue weighted by molar-refractivity contribution is -0.169. The van der Waals surface area contributed by atoms with Crippen molar-refractivity contribution in [3.05, 3.63) is 30.0 Å². The quantitative estimate of drug-likeness (QED) is 0.709. The molecule has 3 rings (SSSR count). The highest BCUT2D eigenvalue weighted by atomic mass is 19.1. The molecule has 0 fully saturated rings. The Balaban J connectivity index is 2.05. The zero-order chi connectivity index (χ0) is 10.3. The molecule has 0 radical (unpaired) electrons. The van der Waals surface area contributed by atoms with Crippen LogP contribution in [0.15, 0.2) is 18.6 Å². The third kappa shape index (κ3) is 1.15. The number of alkyl halides is 1. The second-order valence-corrected chi connectivity index (χ2v) is 3.74. The molecule has 0 saturated heterocycles. The molecule has 5 heteroatoms. The predicted molar refractivity (Wildman–Crippen MR) is 49.3 cm³/mol. The summed E-state index contributed by atoms with van der Waals surface area (Å²) in [7, 11) is 0. The molecule has 1 aromatic heterocycles. The maximum atomic E-state index is 12.5. The van der Waals surface area contributed by atoms with E-state index < -0.39 is 12.5 Å². The van der Waals surface area contributed by atoms with Crippen LogP contribution < -0.4 is 0 Å². The number of ether oxygens (including phenoxy) is 2. The van der Waals surface area contributed by atoms with Crippen molar-refractivity contribution in [1.82, 2.24) is 9.78 Å². The molecule has 15 heavy (non-hydrogen) atoms. The number of fused-ring (bicyclic) bond motifs is 2. The van der Waals surface area contributed by atoms with Crippen LogP contribution in [-0.4, -0.2) is 9.78 Å². The number of nitrogens with zero attached hydrogens (tertiary/aromatic N) is 2. The van der Waals surface area contributed by atoms with Gasteiger partial charge in [-0.05, 0) is 12.5 Å². The highest BCUT2D eigenvalue weighted by Gasteiger charge is 2.43. The first-order valence-electron chi connectivity index (χ1n) is 4.98. The van der Waals surface area contributed by atoms with Crippen LogP contribution in [0.3, 0.4) is 0 Å². The van der Waals surface area contributed by atoms with Crippen molar-refractivity contribution in [2.24, 2.45) is 0 Å². The number of rotatable bonds is 1. The van der Waals surface area contributed by atoms with Crippen LogP contribution in [0.25, 0.3) is 0 Å². The second kappa shape index (κ2) is 2.98. The van der Waals surface area contributed by atoms with Gasteiger partial charge in [-0.1, -0.05) is 0 Å². The lowest BCUT2D eigenvalue weighted by Gasteiger charge is -2.31. The van der Waals surface area contributed by atoms with Crippen LogP contribution in [-0.2, 0) is 28.5 Å². The van der Waals surface area contributed by atoms with Crippen molar-refractivity contribution in [3.8, 4) is 0 Å². The van der Waals surface area contributed by atoms with Crippen LogP contribution >= 0.6 is 0 Å². The van der Waals surface area contributed by atoms with Gasteiger partial charge >= 0.3 is 0 Å². The first kappa shape index (κ1) is 8.76. The molecule has 0 unspecified atom stereocenters. The Morgan fingerprint density at radius 2 is 2.27 bits per heavy atom. The summed E-state index contributed by atoms with van der Waals surface area (Å²) in [6.45, 7) is 0.243. The Kier molecular flexibility index (Phi) is 1.74. The maximum Gasteiger partial charge on any atom is 0.293 e. The second-order valence-electron chi connectivity index (χ2n) is 3.74. The predicted octanol–water partition coefficient (Wildman–Crippen LogP) is 1.82. The van der Waals surface area contributed by atoms with E-state index in [0.717, 1.165) is 25.1 Å². The number of aromatic nitrogens is 2.